The van der Waals surface area contributed by atoms with Crippen molar-refractivity contribution in [2.24, 2.45) is 17.6 Å². The second-order valence-electron chi connectivity index (χ2n) is 6.08. The smallest absolute Gasteiger partial charge is 0.153 e. The molecule has 0 saturated heterocycles. The lowest BCUT2D eigenvalue weighted by Crippen LogP contribution is -2.40. The SMILES string of the molecule is CCCCCS(=O)(=O)C1CC(CCC)CCC1CN. The lowest BCUT2D eigenvalue weighted by Gasteiger charge is -2.35. The van der Waals surface area contributed by atoms with E-state index in [1.54, 1.807) is 0 Å². The third-order valence-corrected chi connectivity index (χ3v) is 6.89. The number of hydrogen-bond acceptors (Lipinski definition) is 3. The molecule has 1 saturated carbocycles. The first-order valence-corrected chi connectivity index (χ1v) is 9.68. The largest absolute Gasteiger partial charge is 0.330 e. The molecule has 2 N–H and O–H groups in total. The molecule has 114 valence electrons. The van der Waals surface area contributed by atoms with Crippen molar-refractivity contribution in [3.63, 3.8) is 0 Å². The van der Waals surface area contributed by atoms with Crippen molar-refractivity contribution < 1.29 is 8.42 Å². The predicted molar refractivity (Wildman–Crippen MR) is 81.9 cm³/mol. The van der Waals surface area contributed by atoms with E-state index < -0.39 is 9.84 Å². The molecule has 4 heteroatoms. The number of sulfone groups is 1. The van der Waals surface area contributed by atoms with Gasteiger partial charge in [-0.1, -0.05) is 46.0 Å². The molecule has 3 nitrogen and oxygen atoms in total. The van der Waals surface area contributed by atoms with Crippen molar-refractivity contribution in [3.05, 3.63) is 0 Å². The fourth-order valence-electron chi connectivity index (χ4n) is 3.36. The van der Waals surface area contributed by atoms with E-state index in [2.05, 4.69) is 13.8 Å². The minimum atomic E-state index is -2.95. The average Bonchev–Trinajstić information content (AvgIpc) is 2.39. The molecule has 0 bridgehead atoms. The molecule has 3 unspecified atom stereocenters. The molecule has 1 rings (SSSR count). The molecular formula is C15H31NO2S. The maximum Gasteiger partial charge on any atom is 0.153 e. The molecule has 0 aromatic heterocycles. The standard InChI is InChI=1S/C15H31NO2S/c1-3-5-6-10-19(17,18)15-11-13(7-4-2)8-9-14(15)12-16/h13-15H,3-12,16H2,1-2H3. The molecular weight excluding hydrogens is 258 g/mol. The van der Waals surface area contributed by atoms with Crippen LogP contribution in [-0.4, -0.2) is 26.0 Å². The van der Waals surface area contributed by atoms with Crippen molar-refractivity contribution >= 4 is 9.84 Å². The molecule has 19 heavy (non-hydrogen) atoms. The van der Waals surface area contributed by atoms with Crippen LogP contribution in [0.4, 0.5) is 0 Å². The molecule has 3 atom stereocenters. The Hall–Kier alpha value is -0.0900. The van der Waals surface area contributed by atoms with Gasteiger partial charge in [-0.2, -0.15) is 0 Å². The van der Waals surface area contributed by atoms with Gasteiger partial charge in [-0.25, -0.2) is 8.42 Å². The third kappa shape index (κ3) is 5.07. The highest BCUT2D eigenvalue weighted by Crippen LogP contribution is 2.35. The van der Waals surface area contributed by atoms with Crippen molar-refractivity contribution in [2.45, 2.75) is 70.5 Å². The van der Waals surface area contributed by atoms with Crippen molar-refractivity contribution in [1.82, 2.24) is 0 Å². The minimum absolute atomic E-state index is 0.167. The van der Waals surface area contributed by atoms with Crippen LogP contribution >= 0.6 is 0 Å². The Morgan fingerprint density at radius 3 is 2.42 bits per heavy atom. The van der Waals surface area contributed by atoms with Gasteiger partial charge in [0.05, 0.1) is 11.0 Å². The highest BCUT2D eigenvalue weighted by Gasteiger charge is 2.37. The Bertz CT molecular complexity index is 340. The summed E-state index contributed by atoms with van der Waals surface area (Å²) in [6.45, 7) is 4.81. The van der Waals surface area contributed by atoms with Crippen LogP contribution in [0.3, 0.4) is 0 Å². The molecule has 0 aromatic carbocycles. The monoisotopic (exact) mass is 289 g/mol. The van der Waals surface area contributed by atoms with E-state index in [1.807, 2.05) is 0 Å². The van der Waals surface area contributed by atoms with Gasteiger partial charge < -0.3 is 5.73 Å². The molecule has 0 spiro atoms. The van der Waals surface area contributed by atoms with Gasteiger partial charge in [0.1, 0.15) is 0 Å². The summed E-state index contributed by atoms with van der Waals surface area (Å²) in [5.74, 6) is 1.15. The first kappa shape index (κ1) is 17.0. The summed E-state index contributed by atoms with van der Waals surface area (Å²) in [6.07, 6.45) is 8.22. The minimum Gasteiger partial charge on any atom is -0.330 e. The summed E-state index contributed by atoms with van der Waals surface area (Å²) in [7, 11) is -2.95. The summed E-state index contributed by atoms with van der Waals surface area (Å²) in [4.78, 5) is 0. The molecule has 0 aromatic rings. The van der Waals surface area contributed by atoms with Crippen molar-refractivity contribution in [2.75, 3.05) is 12.3 Å². The van der Waals surface area contributed by atoms with Crippen LogP contribution in [0.1, 0.15) is 65.2 Å². The van der Waals surface area contributed by atoms with Crippen molar-refractivity contribution in [1.29, 1.82) is 0 Å². The van der Waals surface area contributed by atoms with E-state index in [-0.39, 0.29) is 11.2 Å². The van der Waals surface area contributed by atoms with Gasteiger partial charge in [0, 0.05) is 0 Å². The Balaban J connectivity index is 2.67. The van der Waals surface area contributed by atoms with Crippen LogP contribution in [0.15, 0.2) is 0 Å². The van der Waals surface area contributed by atoms with E-state index >= 15 is 0 Å². The van der Waals surface area contributed by atoms with Crippen LogP contribution in [0.5, 0.6) is 0 Å². The fourth-order valence-corrected chi connectivity index (χ4v) is 5.67. The van der Waals surface area contributed by atoms with E-state index in [1.165, 1.54) is 0 Å². The Kier molecular flexibility index (Phi) is 7.37. The number of hydrogen-bond donors (Lipinski definition) is 1. The van der Waals surface area contributed by atoms with E-state index in [0.717, 1.165) is 51.4 Å². The molecule has 0 radical (unpaired) electrons. The zero-order chi connectivity index (χ0) is 14.3. The summed E-state index contributed by atoms with van der Waals surface area (Å²) >= 11 is 0. The van der Waals surface area contributed by atoms with Gasteiger partial charge >= 0.3 is 0 Å². The van der Waals surface area contributed by atoms with Crippen LogP contribution in [0, 0.1) is 11.8 Å². The lowest BCUT2D eigenvalue weighted by atomic mass is 9.80. The molecule has 0 amide bonds. The summed E-state index contributed by atoms with van der Waals surface area (Å²) in [6, 6.07) is 0. The van der Waals surface area contributed by atoms with Gasteiger partial charge in [0.25, 0.3) is 0 Å². The molecule has 0 aliphatic heterocycles. The summed E-state index contributed by atoms with van der Waals surface area (Å²) < 4.78 is 25.0. The maximum absolute atomic E-state index is 12.5. The molecule has 1 aliphatic carbocycles. The van der Waals surface area contributed by atoms with E-state index in [0.29, 0.717) is 18.2 Å². The third-order valence-electron chi connectivity index (χ3n) is 4.53. The topological polar surface area (TPSA) is 60.2 Å². The van der Waals surface area contributed by atoms with Crippen LogP contribution < -0.4 is 5.73 Å². The highest BCUT2D eigenvalue weighted by molar-refractivity contribution is 7.92. The van der Waals surface area contributed by atoms with Gasteiger partial charge in [0.2, 0.25) is 0 Å². The van der Waals surface area contributed by atoms with Crippen LogP contribution in [-0.2, 0) is 9.84 Å². The van der Waals surface area contributed by atoms with Gasteiger partial charge in [-0.3, -0.25) is 0 Å². The van der Waals surface area contributed by atoms with Crippen molar-refractivity contribution in [3.8, 4) is 0 Å². The Morgan fingerprint density at radius 2 is 1.84 bits per heavy atom. The Morgan fingerprint density at radius 1 is 1.11 bits per heavy atom. The van der Waals surface area contributed by atoms with Gasteiger partial charge in [0.15, 0.2) is 9.84 Å². The van der Waals surface area contributed by atoms with Gasteiger partial charge in [-0.05, 0) is 37.6 Å². The molecule has 1 aliphatic rings. The maximum atomic E-state index is 12.5. The predicted octanol–water partition coefficient (Wildman–Crippen LogP) is 3.14. The fraction of sp³-hybridized carbons (Fsp3) is 1.00. The number of rotatable bonds is 8. The normalized spacial score (nSPS) is 28.5. The second kappa shape index (κ2) is 8.25. The number of unbranched alkanes of at least 4 members (excludes halogenated alkanes) is 2. The average molecular weight is 289 g/mol. The Labute approximate surface area is 119 Å². The zero-order valence-corrected chi connectivity index (χ0v) is 13.4. The molecule has 1 fully saturated rings. The lowest BCUT2D eigenvalue weighted by molar-refractivity contribution is 0.268. The van der Waals surface area contributed by atoms with E-state index in [9.17, 15) is 8.42 Å². The zero-order valence-electron chi connectivity index (χ0n) is 12.6. The van der Waals surface area contributed by atoms with Crippen LogP contribution in [0.2, 0.25) is 0 Å². The van der Waals surface area contributed by atoms with Gasteiger partial charge in [-0.15, -0.1) is 0 Å². The summed E-state index contributed by atoms with van der Waals surface area (Å²) in [5, 5.41) is -0.167. The highest BCUT2D eigenvalue weighted by atomic mass is 32.2. The first-order chi connectivity index (χ1) is 9.05. The quantitative estimate of drug-likeness (QED) is 0.698. The summed E-state index contributed by atoms with van der Waals surface area (Å²) in [5.41, 5.74) is 5.80. The van der Waals surface area contributed by atoms with E-state index in [4.69, 9.17) is 5.73 Å². The van der Waals surface area contributed by atoms with Crippen LogP contribution in [0.25, 0.3) is 0 Å². The first-order valence-electron chi connectivity index (χ1n) is 7.96. The number of nitrogens with two attached hydrogens (primary N) is 1. The molecule has 0 heterocycles. The second-order valence-corrected chi connectivity index (χ2v) is 8.42.